The Morgan fingerprint density at radius 3 is 2.21 bits per heavy atom. The van der Waals surface area contributed by atoms with Crippen LogP contribution in [0.1, 0.15) is 44.3 Å². The van der Waals surface area contributed by atoms with Crippen LogP contribution >= 0.6 is 23.1 Å². The summed E-state index contributed by atoms with van der Waals surface area (Å²) in [4.78, 5) is 45.8. The quantitative estimate of drug-likeness (QED) is 0.183. The van der Waals surface area contributed by atoms with Crippen LogP contribution < -0.4 is 10.2 Å². The predicted molar refractivity (Wildman–Crippen MR) is 159 cm³/mol. The van der Waals surface area contributed by atoms with Crippen LogP contribution in [0.2, 0.25) is 0 Å². The van der Waals surface area contributed by atoms with E-state index in [0.717, 1.165) is 42.3 Å². The molecule has 194 valence electrons. The summed E-state index contributed by atoms with van der Waals surface area (Å²) in [5.41, 5.74) is 6.36. The predicted octanol–water partition coefficient (Wildman–Crippen LogP) is 7.29. The minimum Gasteiger partial charge on any atom is -0.325 e. The van der Waals surface area contributed by atoms with Crippen LogP contribution in [0, 0.1) is 20.8 Å². The molecule has 4 aromatic carbocycles. The molecule has 6 rings (SSSR count). The molecule has 8 heteroatoms. The van der Waals surface area contributed by atoms with Gasteiger partial charge >= 0.3 is 0 Å². The van der Waals surface area contributed by atoms with E-state index >= 15 is 0 Å². The molecular formula is C31H25N3O3S2. The Bertz CT molecular complexity index is 1770. The van der Waals surface area contributed by atoms with Crippen molar-refractivity contribution in [3.05, 3.63) is 94.5 Å². The lowest BCUT2D eigenvalue weighted by Gasteiger charge is -2.27. The zero-order valence-corrected chi connectivity index (χ0v) is 23.5. The van der Waals surface area contributed by atoms with E-state index in [-0.39, 0.29) is 23.0 Å². The molecule has 1 aliphatic rings. The van der Waals surface area contributed by atoms with Crippen molar-refractivity contribution in [2.24, 2.45) is 0 Å². The first kappa shape index (κ1) is 25.3. The number of anilines is 2. The molecule has 39 heavy (non-hydrogen) atoms. The fourth-order valence-electron chi connectivity index (χ4n) is 5.15. The van der Waals surface area contributed by atoms with Crippen LogP contribution in [0.3, 0.4) is 0 Å². The average molecular weight is 552 g/mol. The molecule has 0 bridgehead atoms. The van der Waals surface area contributed by atoms with Crippen molar-refractivity contribution in [2.75, 3.05) is 10.2 Å². The van der Waals surface area contributed by atoms with Crippen molar-refractivity contribution in [3.63, 3.8) is 0 Å². The zero-order valence-electron chi connectivity index (χ0n) is 21.9. The van der Waals surface area contributed by atoms with Gasteiger partial charge in [0.2, 0.25) is 5.91 Å². The number of thioether (sulfide) groups is 1. The molecule has 6 nitrogen and oxygen atoms in total. The second-order valence-corrected chi connectivity index (χ2v) is 12.4. The monoisotopic (exact) mass is 551 g/mol. The molecule has 1 aliphatic heterocycles. The van der Waals surface area contributed by atoms with Crippen LogP contribution in [0.15, 0.2) is 71.1 Å². The van der Waals surface area contributed by atoms with Gasteiger partial charge in [-0.25, -0.2) is 9.88 Å². The molecule has 2 heterocycles. The van der Waals surface area contributed by atoms with Gasteiger partial charge in [0.05, 0.1) is 21.2 Å². The highest BCUT2D eigenvalue weighted by Gasteiger charge is 2.34. The first-order chi connectivity index (χ1) is 18.7. The summed E-state index contributed by atoms with van der Waals surface area (Å²) in [6.07, 6.45) is 0. The second kappa shape index (κ2) is 9.63. The number of aryl methyl sites for hydroxylation is 3. The van der Waals surface area contributed by atoms with E-state index in [1.165, 1.54) is 28.0 Å². The second-order valence-electron chi connectivity index (χ2n) is 9.81. The number of thiazole rings is 1. The van der Waals surface area contributed by atoms with Crippen LogP contribution in [0.4, 0.5) is 11.4 Å². The van der Waals surface area contributed by atoms with Crippen LogP contribution in [0.25, 0.3) is 21.0 Å². The van der Waals surface area contributed by atoms with Gasteiger partial charge in [0.1, 0.15) is 0 Å². The SMILES string of the molecule is Cc1cc(C)c(NC(=O)[C@@H](C)Sc2nc3ccc(N4C(=O)c5cccc6cccc(c56)C4=O)cc3s2)c(C)c1. The van der Waals surface area contributed by atoms with Crippen molar-refractivity contribution in [3.8, 4) is 0 Å². The normalized spacial score (nSPS) is 13.8. The number of hydrogen-bond acceptors (Lipinski definition) is 6. The third-order valence-corrected chi connectivity index (χ3v) is 9.17. The summed E-state index contributed by atoms with van der Waals surface area (Å²) in [7, 11) is 0. The van der Waals surface area contributed by atoms with E-state index in [4.69, 9.17) is 4.98 Å². The number of nitrogens with zero attached hydrogens (tertiary/aromatic N) is 2. The number of carbonyl (C=O) groups excluding carboxylic acids is 3. The maximum atomic E-state index is 13.4. The van der Waals surface area contributed by atoms with E-state index in [1.54, 1.807) is 18.2 Å². The Hall–Kier alpha value is -4.01. The minimum absolute atomic E-state index is 0.0904. The van der Waals surface area contributed by atoms with Gasteiger partial charge in [-0.3, -0.25) is 14.4 Å². The maximum absolute atomic E-state index is 13.4. The Kier molecular flexibility index (Phi) is 6.24. The minimum atomic E-state index is -0.368. The number of hydrogen-bond donors (Lipinski definition) is 1. The molecule has 1 atom stereocenters. The fraction of sp³-hybridized carbons (Fsp3) is 0.161. The van der Waals surface area contributed by atoms with Gasteiger partial charge in [-0.05, 0) is 74.5 Å². The van der Waals surface area contributed by atoms with E-state index in [9.17, 15) is 14.4 Å². The number of carbonyl (C=O) groups is 3. The molecule has 0 fully saturated rings. The lowest BCUT2D eigenvalue weighted by atomic mass is 9.94. The average Bonchev–Trinajstić information content (AvgIpc) is 3.30. The zero-order chi connectivity index (χ0) is 27.4. The van der Waals surface area contributed by atoms with Crippen molar-refractivity contribution < 1.29 is 14.4 Å². The molecule has 1 aromatic heterocycles. The third-order valence-electron chi connectivity index (χ3n) is 6.95. The van der Waals surface area contributed by atoms with Crippen molar-refractivity contribution in [2.45, 2.75) is 37.3 Å². The van der Waals surface area contributed by atoms with Gasteiger partial charge < -0.3 is 5.32 Å². The lowest BCUT2D eigenvalue weighted by molar-refractivity contribution is -0.115. The third kappa shape index (κ3) is 4.39. The van der Waals surface area contributed by atoms with Gasteiger partial charge in [-0.2, -0.15) is 0 Å². The molecule has 1 N–H and O–H groups in total. The lowest BCUT2D eigenvalue weighted by Crippen LogP contribution is -2.40. The smallest absolute Gasteiger partial charge is 0.265 e. The largest absolute Gasteiger partial charge is 0.325 e. The summed E-state index contributed by atoms with van der Waals surface area (Å²) in [5.74, 6) is -0.767. The van der Waals surface area contributed by atoms with Crippen LogP contribution in [-0.4, -0.2) is 28.0 Å². The number of amides is 3. The highest BCUT2D eigenvalue weighted by molar-refractivity contribution is 8.02. The Balaban J connectivity index is 1.25. The number of benzene rings is 4. The maximum Gasteiger partial charge on any atom is 0.265 e. The van der Waals surface area contributed by atoms with Gasteiger partial charge in [-0.15, -0.1) is 11.3 Å². The summed E-state index contributed by atoms with van der Waals surface area (Å²) in [5, 5.41) is 4.28. The van der Waals surface area contributed by atoms with Crippen molar-refractivity contribution in [1.82, 2.24) is 4.98 Å². The molecule has 0 saturated carbocycles. The van der Waals surface area contributed by atoms with Gasteiger partial charge in [0.25, 0.3) is 11.8 Å². The Morgan fingerprint density at radius 2 is 1.56 bits per heavy atom. The molecule has 0 unspecified atom stereocenters. The highest BCUT2D eigenvalue weighted by atomic mass is 32.2. The van der Waals surface area contributed by atoms with E-state index in [0.29, 0.717) is 22.2 Å². The van der Waals surface area contributed by atoms with E-state index < -0.39 is 0 Å². The molecule has 0 aliphatic carbocycles. The first-order valence-corrected chi connectivity index (χ1v) is 14.3. The summed E-state index contributed by atoms with van der Waals surface area (Å²) in [6.45, 7) is 7.89. The molecule has 0 spiro atoms. The highest BCUT2D eigenvalue weighted by Crippen LogP contribution is 2.37. The van der Waals surface area contributed by atoms with E-state index in [1.807, 2.05) is 64.1 Å². The summed E-state index contributed by atoms with van der Waals surface area (Å²) < 4.78 is 1.58. The molecule has 0 saturated heterocycles. The molecular weight excluding hydrogens is 526 g/mol. The summed E-state index contributed by atoms with van der Waals surface area (Å²) in [6, 6.07) is 20.5. The van der Waals surface area contributed by atoms with Gasteiger partial charge in [-0.1, -0.05) is 53.7 Å². The van der Waals surface area contributed by atoms with E-state index in [2.05, 4.69) is 17.4 Å². The van der Waals surface area contributed by atoms with Crippen molar-refractivity contribution in [1.29, 1.82) is 0 Å². The molecule has 0 radical (unpaired) electrons. The number of fused-ring (bicyclic) bond motifs is 1. The summed E-state index contributed by atoms with van der Waals surface area (Å²) >= 11 is 2.83. The first-order valence-electron chi connectivity index (χ1n) is 12.6. The topological polar surface area (TPSA) is 79.4 Å². The number of aromatic nitrogens is 1. The Labute approximate surface area is 234 Å². The fourth-order valence-corrected chi connectivity index (χ4v) is 7.40. The number of nitrogens with one attached hydrogen (secondary N) is 1. The molecule has 5 aromatic rings. The molecule has 3 amide bonds. The van der Waals surface area contributed by atoms with Gasteiger partial charge in [0.15, 0.2) is 4.34 Å². The van der Waals surface area contributed by atoms with Crippen LogP contribution in [-0.2, 0) is 4.79 Å². The van der Waals surface area contributed by atoms with Crippen molar-refractivity contribution >= 4 is 73.2 Å². The van der Waals surface area contributed by atoms with Gasteiger partial charge in [0, 0.05) is 22.2 Å². The standard InChI is InChI=1S/C31H25N3O3S2/c1-16-13-17(2)27(18(3)14-16)33-28(35)19(4)38-31-32-24-12-11-21(15-25(24)39-31)34-29(36)22-9-5-7-20-8-6-10-23(26(20)22)30(34)37/h5-15,19H,1-4H3,(H,33,35)/t19-/m1/s1. The Morgan fingerprint density at radius 1 is 0.923 bits per heavy atom. The number of imide groups is 1. The number of rotatable bonds is 5. The van der Waals surface area contributed by atoms with Crippen LogP contribution in [0.5, 0.6) is 0 Å².